The molecule has 0 saturated carbocycles. The van der Waals surface area contributed by atoms with Gasteiger partial charge in [0.2, 0.25) is 0 Å². The van der Waals surface area contributed by atoms with E-state index in [9.17, 15) is 5.11 Å². The molecule has 1 N–H and O–H groups in total. The number of thiophene rings is 1. The number of hydrogen-bond acceptors (Lipinski definition) is 2. The SMILES string of the molecule is CCCCC(C)(O)c1cc2ccccc2s1. The maximum Gasteiger partial charge on any atom is 0.0960 e. The van der Waals surface area contributed by atoms with E-state index in [1.54, 1.807) is 11.3 Å². The van der Waals surface area contributed by atoms with Crippen LogP contribution in [0.1, 0.15) is 38.0 Å². The predicted molar refractivity (Wildman–Crippen MR) is 70.9 cm³/mol. The summed E-state index contributed by atoms with van der Waals surface area (Å²) in [7, 11) is 0. The molecular weight excluding hydrogens is 216 g/mol. The Kier molecular flexibility index (Phi) is 3.31. The normalized spacial score (nSPS) is 15.2. The average Bonchev–Trinajstić information content (AvgIpc) is 2.71. The fraction of sp³-hybridized carbons (Fsp3) is 0.429. The second kappa shape index (κ2) is 4.56. The number of aliphatic hydroxyl groups is 1. The number of hydrogen-bond donors (Lipinski definition) is 1. The van der Waals surface area contributed by atoms with Crippen molar-refractivity contribution in [3.8, 4) is 0 Å². The number of unbranched alkanes of at least 4 members (excludes halogenated alkanes) is 1. The second-order valence-corrected chi connectivity index (χ2v) is 5.61. The zero-order valence-corrected chi connectivity index (χ0v) is 10.7. The average molecular weight is 234 g/mol. The Morgan fingerprint density at radius 1 is 1.31 bits per heavy atom. The van der Waals surface area contributed by atoms with Crippen molar-refractivity contribution in [2.45, 2.75) is 38.7 Å². The number of rotatable bonds is 4. The summed E-state index contributed by atoms with van der Waals surface area (Å²) >= 11 is 1.70. The van der Waals surface area contributed by atoms with Gasteiger partial charge in [-0.15, -0.1) is 11.3 Å². The van der Waals surface area contributed by atoms with E-state index in [-0.39, 0.29) is 0 Å². The molecule has 1 nitrogen and oxygen atoms in total. The van der Waals surface area contributed by atoms with Crippen LogP contribution < -0.4 is 0 Å². The highest BCUT2D eigenvalue weighted by Gasteiger charge is 2.24. The van der Waals surface area contributed by atoms with Gasteiger partial charge >= 0.3 is 0 Å². The van der Waals surface area contributed by atoms with Crippen molar-refractivity contribution < 1.29 is 5.11 Å². The molecule has 0 aliphatic carbocycles. The smallest absolute Gasteiger partial charge is 0.0960 e. The third-order valence-electron chi connectivity index (χ3n) is 2.97. The molecule has 0 aliphatic heterocycles. The van der Waals surface area contributed by atoms with Crippen LogP contribution in [0.3, 0.4) is 0 Å². The summed E-state index contributed by atoms with van der Waals surface area (Å²) in [5.74, 6) is 0. The van der Waals surface area contributed by atoms with Crippen LogP contribution in [0.25, 0.3) is 10.1 Å². The molecule has 86 valence electrons. The van der Waals surface area contributed by atoms with Crippen LogP contribution in [0.4, 0.5) is 0 Å². The molecule has 0 fully saturated rings. The first-order valence-corrected chi connectivity index (χ1v) is 6.66. The molecule has 0 spiro atoms. The topological polar surface area (TPSA) is 20.2 Å². The quantitative estimate of drug-likeness (QED) is 0.836. The Labute approximate surface area is 101 Å². The summed E-state index contributed by atoms with van der Waals surface area (Å²) in [6.07, 6.45) is 3.04. The maximum atomic E-state index is 10.4. The predicted octanol–water partition coefficient (Wildman–Crippen LogP) is 4.30. The van der Waals surface area contributed by atoms with Gasteiger partial charge < -0.3 is 5.11 Å². The van der Waals surface area contributed by atoms with Crippen molar-refractivity contribution in [1.82, 2.24) is 0 Å². The zero-order chi connectivity index (χ0) is 11.6. The van der Waals surface area contributed by atoms with Gasteiger partial charge in [0, 0.05) is 9.58 Å². The summed E-state index contributed by atoms with van der Waals surface area (Å²) in [4.78, 5) is 1.09. The van der Waals surface area contributed by atoms with Crippen molar-refractivity contribution in [1.29, 1.82) is 0 Å². The van der Waals surface area contributed by atoms with Crippen molar-refractivity contribution in [3.63, 3.8) is 0 Å². The van der Waals surface area contributed by atoms with E-state index in [1.165, 1.54) is 10.1 Å². The number of fused-ring (bicyclic) bond motifs is 1. The highest BCUT2D eigenvalue weighted by molar-refractivity contribution is 7.19. The van der Waals surface area contributed by atoms with Crippen molar-refractivity contribution in [2.24, 2.45) is 0 Å². The Bertz CT molecular complexity index is 437. The summed E-state index contributed by atoms with van der Waals surface area (Å²) in [6.45, 7) is 4.08. The first kappa shape index (κ1) is 11.6. The van der Waals surface area contributed by atoms with E-state index in [4.69, 9.17) is 0 Å². The molecular formula is C14H18OS. The molecule has 0 saturated heterocycles. The van der Waals surface area contributed by atoms with Gasteiger partial charge in [-0.2, -0.15) is 0 Å². The molecule has 0 amide bonds. The molecule has 1 unspecified atom stereocenters. The Hall–Kier alpha value is -0.860. The maximum absolute atomic E-state index is 10.4. The van der Waals surface area contributed by atoms with Crippen LogP contribution in [-0.2, 0) is 5.60 Å². The first-order valence-electron chi connectivity index (χ1n) is 5.85. The number of benzene rings is 1. The minimum atomic E-state index is -0.667. The van der Waals surface area contributed by atoms with Crippen LogP contribution >= 0.6 is 11.3 Å². The zero-order valence-electron chi connectivity index (χ0n) is 9.86. The van der Waals surface area contributed by atoms with Crippen molar-refractivity contribution in [2.75, 3.05) is 0 Å². The monoisotopic (exact) mass is 234 g/mol. The van der Waals surface area contributed by atoms with E-state index in [0.717, 1.165) is 24.1 Å². The van der Waals surface area contributed by atoms with Gasteiger partial charge in [0.1, 0.15) is 0 Å². The van der Waals surface area contributed by atoms with E-state index in [1.807, 2.05) is 19.1 Å². The van der Waals surface area contributed by atoms with E-state index in [2.05, 4.69) is 25.1 Å². The molecule has 1 aromatic heterocycles. The molecule has 16 heavy (non-hydrogen) atoms. The summed E-state index contributed by atoms with van der Waals surface area (Å²) < 4.78 is 1.26. The lowest BCUT2D eigenvalue weighted by molar-refractivity contribution is 0.0492. The fourth-order valence-corrected chi connectivity index (χ4v) is 3.03. The molecule has 0 bridgehead atoms. The van der Waals surface area contributed by atoms with Crippen molar-refractivity contribution in [3.05, 3.63) is 35.2 Å². The van der Waals surface area contributed by atoms with Gasteiger partial charge in [-0.3, -0.25) is 0 Å². The summed E-state index contributed by atoms with van der Waals surface area (Å²) in [6, 6.07) is 10.4. The lowest BCUT2D eigenvalue weighted by Gasteiger charge is -2.21. The molecule has 2 rings (SSSR count). The van der Waals surface area contributed by atoms with Gasteiger partial charge in [0.05, 0.1) is 5.60 Å². The highest BCUT2D eigenvalue weighted by Crippen LogP contribution is 2.35. The Morgan fingerprint density at radius 2 is 2.06 bits per heavy atom. The summed E-state index contributed by atoms with van der Waals surface area (Å²) in [5, 5.41) is 11.7. The van der Waals surface area contributed by atoms with Crippen LogP contribution in [-0.4, -0.2) is 5.11 Å². The standard InChI is InChI=1S/C14H18OS/c1-3-4-9-14(2,15)13-10-11-7-5-6-8-12(11)16-13/h5-8,10,15H,3-4,9H2,1-2H3. The van der Waals surface area contributed by atoms with E-state index < -0.39 is 5.60 Å². The van der Waals surface area contributed by atoms with E-state index >= 15 is 0 Å². The minimum Gasteiger partial charge on any atom is -0.385 e. The molecule has 1 heterocycles. The van der Waals surface area contributed by atoms with Gasteiger partial charge in [-0.1, -0.05) is 38.0 Å². The van der Waals surface area contributed by atoms with Crippen LogP contribution in [0, 0.1) is 0 Å². The molecule has 1 aromatic carbocycles. The molecule has 0 aliphatic rings. The molecule has 2 aromatic rings. The van der Waals surface area contributed by atoms with Crippen molar-refractivity contribution >= 4 is 21.4 Å². The Balaban J connectivity index is 2.31. The largest absolute Gasteiger partial charge is 0.385 e. The molecule has 0 radical (unpaired) electrons. The fourth-order valence-electron chi connectivity index (χ4n) is 1.89. The first-order chi connectivity index (χ1) is 7.63. The van der Waals surface area contributed by atoms with Crippen LogP contribution in [0.5, 0.6) is 0 Å². The molecule has 2 heteroatoms. The lowest BCUT2D eigenvalue weighted by Crippen LogP contribution is -2.19. The third kappa shape index (κ3) is 2.28. The van der Waals surface area contributed by atoms with Gasteiger partial charge in [0.25, 0.3) is 0 Å². The minimum absolute atomic E-state index is 0.667. The third-order valence-corrected chi connectivity index (χ3v) is 4.34. The lowest BCUT2D eigenvalue weighted by atomic mass is 9.97. The van der Waals surface area contributed by atoms with Gasteiger partial charge in [0.15, 0.2) is 0 Å². The van der Waals surface area contributed by atoms with Gasteiger partial charge in [-0.25, -0.2) is 0 Å². The highest BCUT2D eigenvalue weighted by atomic mass is 32.1. The van der Waals surface area contributed by atoms with Crippen LogP contribution in [0.15, 0.2) is 30.3 Å². The van der Waals surface area contributed by atoms with Gasteiger partial charge in [-0.05, 0) is 30.9 Å². The summed E-state index contributed by atoms with van der Waals surface area (Å²) in [5.41, 5.74) is -0.667. The second-order valence-electron chi connectivity index (χ2n) is 4.53. The van der Waals surface area contributed by atoms with E-state index in [0.29, 0.717) is 0 Å². The van der Waals surface area contributed by atoms with Crippen LogP contribution in [0.2, 0.25) is 0 Å². The molecule has 1 atom stereocenters. The Morgan fingerprint density at radius 3 is 2.75 bits per heavy atom.